The lowest BCUT2D eigenvalue weighted by Gasteiger charge is -2.17. The molecule has 2 unspecified atom stereocenters. The molecule has 0 amide bonds. The van der Waals surface area contributed by atoms with Crippen LogP contribution in [0.4, 0.5) is 0 Å². The van der Waals surface area contributed by atoms with Gasteiger partial charge in [0, 0.05) is 7.11 Å². The minimum absolute atomic E-state index is 0.155. The number of carbonyl (C=O) groups excluding carboxylic acids is 1. The van der Waals surface area contributed by atoms with Crippen LogP contribution in [0, 0.1) is 5.92 Å². The Morgan fingerprint density at radius 3 is 2.20 bits per heavy atom. The first-order valence-electron chi connectivity index (χ1n) is 5.28. The highest BCUT2D eigenvalue weighted by Crippen LogP contribution is 2.03. The van der Waals surface area contributed by atoms with Crippen molar-refractivity contribution in [1.82, 2.24) is 0 Å². The Hall–Kier alpha value is -0.610. The van der Waals surface area contributed by atoms with Gasteiger partial charge in [-0.25, -0.2) is 0 Å². The van der Waals surface area contributed by atoms with E-state index in [9.17, 15) is 4.79 Å². The van der Waals surface area contributed by atoms with E-state index in [-0.39, 0.29) is 24.1 Å². The zero-order chi connectivity index (χ0) is 11.8. The smallest absolute Gasteiger partial charge is 0.311 e. The van der Waals surface area contributed by atoms with Gasteiger partial charge in [-0.1, -0.05) is 0 Å². The summed E-state index contributed by atoms with van der Waals surface area (Å²) in [5.74, 6) is -0.465. The maximum atomic E-state index is 11.4. The van der Waals surface area contributed by atoms with Gasteiger partial charge in [-0.3, -0.25) is 4.79 Å². The van der Waals surface area contributed by atoms with E-state index >= 15 is 0 Å². The van der Waals surface area contributed by atoms with Crippen molar-refractivity contribution in [2.24, 2.45) is 5.92 Å². The van der Waals surface area contributed by atoms with Gasteiger partial charge in [-0.05, 0) is 27.7 Å². The van der Waals surface area contributed by atoms with Crippen molar-refractivity contribution in [1.29, 1.82) is 0 Å². The number of rotatable bonds is 7. The molecule has 4 heteroatoms. The molecule has 0 bridgehead atoms. The van der Waals surface area contributed by atoms with Gasteiger partial charge in [-0.15, -0.1) is 0 Å². The first-order chi connectivity index (χ1) is 6.97. The highest BCUT2D eigenvalue weighted by atomic mass is 16.6. The van der Waals surface area contributed by atoms with E-state index in [1.165, 1.54) is 0 Å². The first kappa shape index (κ1) is 14.4. The molecule has 0 aliphatic carbocycles. The molecule has 0 aliphatic rings. The average Bonchev–Trinajstić information content (AvgIpc) is 2.15. The van der Waals surface area contributed by atoms with Gasteiger partial charge < -0.3 is 14.2 Å². The van der Waals surface area contributed by atoms with E-state index in [1.54, 1.807) is 14.0 Å². The van der Waals surface area contributed by atoms with Gasteiger partial charge in [0.05, 0.1) is 25.2 Å². The lowest BCUT2D eigenvalue weighted by molar-refractivity contribution is -0.157. The molecule has 0 radical (unpaired) electrons. The maximum Gasteiger partial charge on any atom is 0.311 e. The van der Waals surface area contributed by atoms with E-state index in [0.717, 1.165) is 0 Å². The summed E-state index contributed by atoms with van der Waals surface area (Å²) in [5.41, 5.74) is 0. The molecule has 0 aliphatic heterocycles. The summed E-state index contributed by atoms with van der Waals surface area (Å²) in [5, 5.41) is 0. The second-order valence-electron chi connectivity index (χ2n) is 3.99. The van der Waals surface area contributed by atoms with E-state index in [1.807, 2.05) is 20.8 Å². The first-order valence-corrected chi connectivity index (χ1v) is 5.28. The summed E-state index contributed by atoms with van der Waals surface area (Å²) < 4.78 is 15.4. The van der Waals surface area contributed by atoms with E-state index in [2.05, 4.69) is 0 Å². The summed E-state index contributed by atoms with van der Waals surface area (Å²) in [6.45, 7) is 8.31. The lowest BCUT2D eigenvalue weighted by atomic mass is 10.2. The Balaban J connectivity index is 3.75. The lowest BCUT2D eigenvalue weighted by Crippen LogP contribution is -2.27. The monoisotopic (exact) mass is 218 g/mol. The number of hydrogen-bond donors (Lipinski definition) is 0. The molecule has 0 heterocycles. The van der Waals surface area contributed by atoms with Crippen LogP contribution in [0.1, 0.15) is 27.7 Å². The molecule has 2 atom stereocenters. The van der Waals surface area contributed by atoms with Crippen LogP contribution in [0.15, 0.2) is 0 Å². The molecule has 0 saturated carbocycles. The molecule has 0 aromatic rings. The Morgan fingerprint density at radius 2 is 1.73 bits per heavy atom. The molecule has 90 valence electrons. The fourth-order valence-electron chi connectivity index (χ4n) is 0.994. The molecule has 15 heavy (non-hydrogen) atoms. The number of esters is 1. The molecule has 0 aromatic heterocycles. The quantitative estimate of drug-likeness (QED) is 0.609. The molecule has 0 saturated heterocycles. The predicted molar refractivity (Wildman–Crippen MR) is 57.7 cm³/mol. The van der Waals surface area contributed by atoms with Gasteiger partial charge >= 0.3 is 5.97 Å². The van der Waals surface area contributed by atoms with Crippen LogP contribution in [-0.4, -0.2) is 38.5 Å². The second-order valence-corrected chi connectivity index (χ2v) is 3.99. The Bertz CT molecular complexity index is 179. The average molecular weight is 218 g/mol. The third-order valence-corrected chi connectivity index (χ3v) is 1.80. The normalized spacial score (nSPS) is 15.1. The summed E-state index contributed by atoms with van der Waals surface area (Å²) in [4.78, 5) is 11.4. The molecule has 0 spiro atoms. The van der Waals surface area contributed by atoms with Crippen LogP contribution in [-0.2, 0) is 19.0 Å². The zero-order valence-corrected chi connectivity index (χ0v) is 10.3. The Labute approximate surface area is 91.9 Å². The second kappa shape index (κ2) is 7.65. The van der Waals surface area contributed by atoms with Crippen molar-refractivity contribution in [3.05, 3.63) is 0 Å². The number of ether oxygens (including phenoxy) is 3. The number of carbonyl (C=O) groups is 1. The Morgan fingerprint density at radius 1 is 1.13 bits per heavy atom. The number of hydrogen-bond acceptors (Lipinski definition) is 4. The van der Waals surface area contributed by atoms with Gasteiger partial charge in [0.1, 0.15) is 6.10 Å². The highest BCUT2D eigenvalue weighted by Gasteiger charge is 2.17. The van der Waals surface area contributed by atoms with Gasteiger partial charge in [-0.2, -0.15) is 0 Å². The maximum absolute atomic E-state index is 11.4. The van der Waals surface area contributed by atoms with E-state index < -0.39 is 0 Å². The standard InChI is InChI=1S/C11H22O4/c1-8(2)14-7-10(4)15-11(12)9(3)6-13-5/h8-10H,6-7H2,1-5H3. The summed E-state index contributed by atoms with van der Waals surface area (Å²) in [6, 6.07) is 0. The van der Waals surface area contributed by atoms with Crippen LogP contribution in [0.3, 0.4) is 0 Å². The van der Waals surface area contributed by atoms with Crippen molar-refractivity contribution >= 4 is 5.97 Å². The van der Waals surface area contributed by atoms with Crippen LogP contribution in [0.2, 0.25) is 0 Å². The van der Waals surface area contributed by atoms with Crippen molar-refractivity contribution < 1.29 is 19.0 Å². The van der Waals surface area contributed by atoms with Crippen molar-refractivity contribution in [3.8, 4) is 0 Å². The zero-order valence-electron chi connectivity index (χ0n) is 10.3. The van der Waals surface area contributed by atoms with Crippen molar-refractivity contribution in [2.75, 3.05) is 20.3 Å². The summed E-state index contributed by atoms with van der Waals surface area (Å²) in [6.07, 6.45) is -0.0539. The topological polar surface area (TPSA) is 44.8 Å². The third-order valence-electron chi connectivity index (χ3n) is 1.80. The fraction of sp³-hybridized carbons (Fsp3) is 0.909. The number of methoxy groups -OCH3 is 1. The van der Waals surface area contributed by atoms with Gasteiger partial charge in [0.15, 0.2) is 0 Å². The van der Waals surface area contributed by atoms with Crippen LogP contribution < -0.4 is 0 Å². The van der Waals surface area contributed by atoms with Crippen molar-refractivity contribution in [3.63, 3.8) is 0 Å². The minimum Gasteiger partial charge on any atom is -0.460 e. The third kappa shape index (κ3) is 7.33. The Kier molecular flexibility index (Phi) is 7.34. The molecule has 0 fully saturated rings. The van der Waals surface area contributed by atoms with Crippen LogP contribution in [0.25, 0.3) is 0 Å². The summed E-state index contributed by atoms with van der Waals surface area (Å²) in [7, 11) is 1.56. The van der Waals surface area contributed by atoms with E-state index in [0.29, 0.717) is 13.2 Å². The fourth-order valence-corrected chi connectivity index (χ4v) is 0.994. The molecular formula is C11H22O4. The van der Waals surface area contributed by atoms with Gasteiger partial charge in [0.25, 0.3) is 0 Å². The molecule has 0 aromatic carbocycles. The highest BCUT2D eigenvalue weighted by molar-refractivity contribution is 5.72. The minimum atomic E-state index is -0.239. The molecular weight excluding hydrogens is 196 g/mol. The predicted octanol–water partition coefficient (Wildman–Crippen LogP) is 1.63. The largest absolute Gasteiger partial charge is 0.460 e. The van der Waals surface area contributed by atoms with E-state index in [4.69, 9.17) is 14.2 Å². The van der Waals surface area contributed by atoms with Crippen LogP contribution >= 0.6 is 0 Å². The SMILES string of the molecule is COCC(C)C(=O)OC(C)COC(C)C. The van der Waals surface area contributed by atoms with Crippen LogP contribution in [0.5, 0.6) is 0 Å². The molecule has 0 N–H and O–H groups in total. The molecule has 4 nitrogen and oxygen atoms in total. The van der Waals surface area contributed by atoms with Crippen molar-refractivity contribution in [2.45, 2.75) is 39.9 Å². The van der Waals surface area contributed by atoms with Gasteiger partial charge in [0.2, 0.25) is 0 Å². The summed E-state index contributed by atoms with van der Waals surface area (Å²) >= 11 is 0. The molecule has 0 rings (SSSR count).